The Hall–Kier alpha value is -2.95. The quantitative estimate of drug-likeness (QED) is 0.400. The molecule has 30 heavy (non-hydrogen) atoms. The van der Waals surface area contributed by atoms with Crippen LogP contribution >= 0.6 is 11.8 Å². The number of benzene rings is 1. The van der Waals surface area contributed by atoms with Gasteiger partial charge in [-0.2, -0.15) is 0 Å². The van der Waals surface area contributed by atoms with E-state index < -0.39 is 10.8 Å². The number of aromatic nitrogens is 2. The van der Waals surface area contributed by atoms with E-state index in [1.165, 1.54) is 36.9 Å². The average Bonchev–Trinajstić information content (AvgIpc) is 3.00. The highest BCUT2D eigenvalue weighted by Gasteiger charge is 2.19. The molecule has 160 valence electrons. The van der Waals surface area contributed by atoms with Gasteiger partial charge >= 0.3 is 0 Å². The Morgan fingerprint density at radius 2 is 1.97 bits per heavy atom. The van der Waals surface area contributed by atoms with Crippen molar-refractivity contribution in [3.63, 3.8) is 0 Å². The van der Waals surface area contributed by atoms with Crippen molar-refractivity contribution in [3.8, 4) is 0 Å². The van der Waals surface area contributed by atoms with Crippen molar-refractivity contribution < 1.29 is 18.9 Å². The highest BCUT2D eigenvalue weighted by atomic mass is 32.2. The predicted molar refractivity (Wildman–Crippen MR) is 109 cm³/mol. The summed E-state index contributed by atoms with van der Waals surface area (Å²) in [6.45, 7) is 3.08. The number of nitrogens with zero attached hydrogens (tertiary/aromatic N) is 4. The molecule has 3 rings (SSSR count). The minimum atomic E-state index is -0.527. The lowest BCUT2D eigenvalue weighted by Crippen LogP contribution is -2.33. The monoisotopic (exact) mass is 433 g/mol. The summed E-state index contributed by atoms with van der Waals surface area (Å²) < 4.78 is 5.47. The molecule has 10 nitrogen and oxygen atoms in total. The van der Waals surface area contributed by atoms with Crippen LogP contribution in [0.15, 0.2) is 27.8 Å². The van der Waals surface area contributed by atoms with Crippen LogP contribution < -0.4 is 5.32 Å². The highest BCUT2D eigenvalue weighted by molar-refractivity contribution is 7.99. The summed E-state index contributed by atoms with van der Waals surface area (Å²) >= 11 is 1.17. The van der Waals surface area contributed by atoms with Gasteiger partial charge in [0, 0.05) is 30.3 Å². The average molecular weight is 433 g/mol. The van der Waals surface area contributed by atoms with E-state index in [-0.39, 0.29) is 46.1 Å². The molecule has 0 saturated carbocycles. The van der Waals surface area contributed by atoms with E-state index in [9.17, 15) is 19.7 Å². The molecule has 0 atom stereocenters. The van der Waals surface area contributed by atoms with Gasteiger partial charge in [-0.3, -0.25) is 19.7 Å². The first kappa shape index (κ1) is 21.8. The molecule has 0 radical (unpaired) electrons. The third kappa shape index (κ3) is 5.56. The molecule has 2 heterocycles. The van der Waals surface area contributed by atoms with Gasteiger partial charge in [0.15, 0.2) is 0 Å². The molecule has 0 bridgehead atoms. The zero-order valence-electron chi connectivity index (χ0n) is 16.6. The van der Waals surface area contributed by atoms with Crippen LogP contribution in [0.3, 0.4) is 0 Å². The minimum absolute atomic E-state index is 0.0192. The third-order valence-electron chi connectivity index (χ3n) is 4.87. The number of hydrogen-bond acceptors (Lipinski definition) is 8. The van der Waals surface area contributed by atoms with Crippen LogP contribution in [-0.4, -0.2) is 50.7 Å². The number of nitrogens with one attached hydrogen (secondary N) is 1. The molecule has 0 aliphatic carbocycles. The maximum Gasteiger partial charge on any atom is 0.277 e. The molecule has 1 aliphatic heterocycles. The molecule has 2 aromatic rings. The van der Waals surface area contributed by atoms with Crippen molar-refractivity contribution in [3.05, 3.63) is 45.3 Å². The Balaban J connectivity index is 1.51. The molecule has 0 unspecified atom stereocenters. The Labute approximate surface area is 177 Å². The predicted octanol–water partition coefficient (Wildman–Crippen LogP) is 2.71. The van der Waals surface area contributed by atoms with Crippen LogP contribution in [0.4, 0.5) is 5.69 Å². The second-order valence-electron chi connectivity index (χ2n) is 6.93. The Kier molecular flexibility index (Phi) is 7.39. The molecule has 1 aliphatic rings. The normalized spacial score (nSPS) is 14.2. The molecule has 0 spiro atoms. The highest BCUT2D eigenvalue weighted by Crippen LogP contribution is 2.21. The van der Waals surface area contributed by atoms with E-state index in [4.69, 9.17) is 4.42 Å². The summed E-state index contributed by atoms with van der Waals surface area (Å²) in [6, 6.07) is 4.32. The van der Waals surface area contributed by atoms with Crippen LogP contribution in [-0.2, 0) is 11.3 Å². The number of thioether (sulfide) groups is 1. The molecular weight excluding hydrogens is 410 g/mol. The number of rotatable bonds is 7. The van der Waals surface area contributed by atoms with Gasteiger partial charge in [0.1, 0.15) is 0 Å². The van der Waals surface area contributed by atoms with Gasteiger partial charge in [-0.1, -0.05) is 30.7 Å². The van der Waals surface area contributed by atoms with E-state index >= 15 is 0 Å². The van der Waals surface area contributed by atoms with Crippen LogP contribution in [0.1, 0.15) is 47.5 Å². The van der Waals surface area contributed by atoms with Crippen LogP contribution in [0.2, 0.25) is 0 Å². The molecule has 2 amide bonds. The van der Waals surface area contributed by atoms with Gasteiger partial charge < -0.3 is 14.6 Å². The topological polar surface area (TPSA) is 131 Å². The van der Waals surface area contributed by atoms with E-state index in [0.717, 1.165) is 38.8 Å². The van der Waals surface area contributed by atoms with Gasteiger partial charge in [0.25, 0.3) is 16.8 Å². The number of carbonyl (C=O) groups excluding carboxylic acids is 2. The number of carbonyl (C=O) groups is 2. The summed E-state index contributed by atoms with van der Waals surface area (Å²) in [6.07, 6.45) is 4.38. The number of amides is 2. The Morgan fingerprint density at radius 1 is 1.23 bits per heavy atom. The van der Waals surface area contributed by atoms with Crippen molar-refractivity contribution >= 4 is 29.3 Å². The van der Waals surface area contributed by atoms with Crippen molar-refractivity contribution in [1.29, 1.82) is 0 Å². The van der Waals surface area contributed by atoms with Crippen molar-refractivity contribution in [2.45, 2.75) is 44.4 Å². The first-order chi connectivity index (χ1) is 14.5. The lowest BCUT2D eigenvalue weighted by molar-refractivity contribution is -0.385. The fraction of sp³-hybridized carbons (Fsp3) is 0.474. The van der Waals surface area contributed by atoms with E-state index in [0.29, 0.717) is 0 Å². The van der Waals surface area contributed by atoms with E-state index in [2.05, 4.69) is 15.5 Å². The van der Waals surface area contributed by atoms with Crippen LogP contribution in [0, 0.1) is 17.0 Å². The largest absolute Gasteiger partial charge is 0.414 e. The summed E-state index contributed by atoms with van der Waals surface area (Å²) in [5.41, 5.74) is 0.378. The first-order valence-corrected chi connectivity index (χ1v) is 10.7. The SMILES string of the molecule is Cc1c(C(=O)NCc2nnc(SCC(=O)N3CCCCCC3)o2)cccc1[N+](=O)[O-]. The number of nitro benzene ring substituents is 1. The lowest BCUT2D eigenvalue weighted by Gasteiger charge is -2.19. The van der Waals surface area contributed by atoms with Gasteiger partial charge in [-0.15, -0.1) is 10.2 Å². The van der Waals surface area contributed by atoms with Crippen LogP contribution in [0.25, 0.3) is 0 Å². The first-order valence-electron chi connectivity index (χ1n) is 9.71. The molecule has 1 N–H and O–H groups in total. The standard InChI is InChI=1S/C19H23N5O5S/c1-13-14(7-6-8-15(13)24(27)28)18(26)20-11-16-21-22-19(29-16)30-12-17(25)23-9-4-2-3-5-10-23/h6-8H,2-5,9-12H2,1H3,(H,20,26). The van der Waals surface area contributed by atoms with Crippen molar-refractivity contribution in [2.24, 2.45) is 0 Å². The van der Waals surface area contributed by atoms with E-state index in [1.54, 1.807) is 0 Å². The second kappa shape index (κ2) is 10.2. The molecular formula is C19H23N5O5S. The third-order valence-corrected chi connectivity index (χ3v) is 5.68. The molecule has 11 heteroatoms. The Bertz CT molecular complexity index is 924. The number of hydrogen-bond donors (Lipinski definition) is 1. The number of nitro groups is 1. The maximum absolute atomic E-state index is 12.4. The zero-order valence-corrected chi connectivity index (χ0v) is 17.4. The minimum Gasteiger partial charge on any atom is -0.414 e. The van der Waals surface area contributed by atoms with Gasteiger partial charge in [-0.25, -0.2) is 0 Å². The fourth-order valence-corrected chi connectivity index (χ4v) is 3.90. The molecule has 1 aromatic carbocycles. The summed E-state index contributed by atoms with van der Waals surface area (Å²) in [4.78, 5) is 37.0. The maximum atomic E-state index is 12.4. The van der Waals surface area contributed by atoms with E-state index in [1.807, 2.05) is 4.90 Å². The zero-order chi connectivity index (χ0) is 21.5. The second-order valence-corrected chi connectivity index (χ2v) is 7.86. The van der Waals surface area contributed by atoms with Crippen molar-refractivity contribution in [1.82, 2.24) is 20.4 Å². The van der Waals surface area contributed by atoms with Gasteiger partial charge in [-0.05, 0) is 25.8 Å². The number of likely N-dealkylation sites (tertiary alicyclic amines) is 1. The fourth-order valence-electron chi connectivity index (χ4n) is 3.22. The van der Waals surface area contributed by atoms with Gasteiger partial charge in [0.05, 0.1) is 17.2 Å². The van der Waals surface area contributed by atoms with Crippen LogP contribution in [0.5, 0.6) is 0 Å². The molecule has 1 fully saturated rings. The van der Waals surface area contributed by atoms with Crippen molar-refractivity contribution in [2.75, 3.05) is 18.8 Å². The summed E-state index contributed by atoms with van der Waals surface area (Å²) in [5.74, 6) is -0.00636. The Morgan fingerprint density at radius 3 is 2.67 bits per heavy atom. The summed E-state index contributed by atoms with van der Waals surface area (Å²) in [7, 11) is 0. The smallest absolute Gasteiger partial charge is 0.277 e. The summed E-state index contributed by atoms with van der Waals surface area (Å²) in [5, 5.41) is 21.7. The lowest BCUT2D eigenvalue weighted by atomic mass is 10.1. The van der Waals surface area contributed by atoms with Gasteiger partial charge in [0.2, 0.25) is 11.8 Å². The molecule has 1 aromatic heterocycles. The molecule has 1 saturated heterocycles.